The first-order chi connectivity index (χ1) is 31.7. The highest BCUT2D eigenvalue weighted by molar-refractivity contribution is 7.47. The van der Waals surface area contributed by atoms with E-state index in [0.29, 0.717) is 12.8 Å². The monoisotopic (exact) mass is 971 g/mol. The maximum Gasteiger partial charge on any atom is 0.472 e. The predicted octanol–water partition coefficient (Wildman–Crippen LogP) is 5.32. The van der Waals surface area contributed by atoms with E-state index in [0.717, 1.165) is 51.4 Å². The molecule has 0 aromatic carbocycles. The number of allylic oxidation sites excluding steroid dienone is 2. The number of carbonyl (C=O) groups excluding carboxylic acids is 2. The second-order valence-electron chi connectivity index (χ2n) is 18.0. The van der Waals surface area contributed by atoms with Crippen LogP contribution in [0.25, 0.3) is 0 Å². The number of aliphatic hydroxyl groups is 8. The molecular weight excluding hydrogens is 883 g/mol. The lowest BCUT2D eigenvalue weighted by Crippen LogP contribution is -2.67. The Bertz CT molecular complexity index is 1340. The number of phosphoric ester groups is 1. The van der Waals surface area contributed by atoms with Gasteiger partial charge in [0.05, 0.1) is 13.2 Å². The molecule has 1 saturated carbocycles. The number of esters is 2. The number of phosphoric acid groups is 1. The number of unbranched alkanes of at least 4 members (excludes halogenated alkanes) is 21. The highest BCUT2D eigenvalue weighted by Crippen LogP contribution is 2.48. The van der Waals surface area contributed by atoms with Gasteiger partial charge in [0.25, 0.3) is 0 Å². The molecule has 0 radical (unpaired) electrons. The minimum Gasteiger partial charge on any atom is -0.462 e. The van der Waals surface area contributed by atoms with E-state index in [-0.39, 0.29) is 12.8 Å². The third-order valence-electron chi connectivity index (χ3n) is 12.2. The quantitative estimate of drug-likeness (QED) is 0.0164. The molecule has 0 spiro atoms. The summed E-state index contributed by atoms with van der Waals surface area (Å²) in [5.41, 5.74) is 0. The first kappa shape index (κ1) is 60.5. The van der Waals surface area contributed by atoms with Gasteiger partial charge in [0.1, 0.15) is 67.6 Å². The van der Waals surface area contributed by atoms with Gasteiger partial charge >= 0.3 is 19.8 Å². The van der Waals surface area contributed by atoms with Gasteiger partial charge in [0.2, 0.25) is 0 Å². The molecule has 1 heterocycles. The van der Waals surface area contributed by atoms with Crippen molar-refractivity contribution in [2.24, 2.45) is 0 Å². The van der Waals surface area contributed by atoms with Gasteiger partial charge in [-0.2, -0.15) is 0 Å². The van der Waals surface area contributed by atoms with E-state index in [9.17, 15) is 59.9 Å². The molecule has 2 fully saturated rings. The summed E-state index contributed by atoms with van der Waals surface area (Å²) in [5.74, 6) is -1.23. The third kappa shape index (κ3) is 24.3. The summed E-state index contributed by atoms with van der Waals surface area (Å²) in [4.78, 5) is 36.5. The van der Waals surface area contributed by atoms with Crippen LogP contribution in [0.3, 0.4) is 0 Å². The molecule has 388 valence electrons. The number of hydrogen-bond donors (Lipinski definition) is 9. The van der Waals surface area contributed by atoms with Crippen molar-refractivity contribution in [3.63, 3.8) is 0 Å². The lowest BCUT2D eigenvalue weighted by atomic mass is 9.84. The maximum atomic E-state index is 13.4. The van der Waals surface area contributed by atoms with E-state index in [1.807, 2.05) is 0 Å². The summed E-state index contributed by atoms with van der Waals surface area (Å²) in [6.07, 6.45) is 7.33. The zero-order valence-corrected chi connectivity index (χ0v) is 40.6. The second kappa shape index (κ2) is 35.5. The molecule has 0 bridgehead atoms. The summed E-state index contributed by atoms with van der Waals surface area (Å²) in [5, 5.41) is 82.9. The molecule has 66 heavy (non-hydrogen) atoms. The predicted molar refractivity (Wildman–Crippen MR) is 245 cm³/mol. The topological polar surface area (TPSA) is 289 Å². The van der Waals surface area contributed by atoms with E-state index >= 15 is 0 Å². The molecule has 0 amide bonds. The van der Waals surface area contributed by atoms with Crippen molar-refractivity contribution in [3.8, 4) is 0 Å². The Morgan fingerprint density at radius 2 is 1.00 bits per heavy atom. The van der Waals surface area contributed by atoms with Crippen LogP contribution in [0.4, 0.5) is 0 Å². The second-order valence-corrected chi connectivity index (χ2v) is 19.4. The number of aliphatic hydroxyl groups excluding tert-OH is 8. The van der Waals surface area contributed by atoms with Crippen molar-refractivity contribution < 1.29 is 87.9 Å². The molecule has 19 heteroatoms. The molecule has 2 rings (SSSR count). The highest BCUT2D eigenvalue weighted by Gasteiger charge is 2.55. The normalized spacial score (nSPS) is 28.3. The van der Waals surface area contributed by atoms with Crippen molar-refractivity contribution in [1.29, 1.82) is 0 Å². The Kier molecular flexibility index (Phi) is 32.5. The van der Waals surface area contributed by atoms with Crippen LogP contribution in [0, 0.1) is 0 Å². The molecular formula is C47H87O18P. The lowest BCUT2D eigenvalue weighted by molar-refractivity contribution is -0.338. The molecule has 0 aromatic rings. The summed E-state index contributed by atoms with van der Waals surface area (Å²) in [6, 6.07) is 0. The van der Waals surface area contributed by atoms with Crippen LogP contribution in [0.15, 0.2) is 12.2 Å². The van der Waals surface area contributed by atoms with Crippen LogP contribution >= 0.6 is 7.82 Å². The van der Waals surface area contributed by atoms with Crippen molar-refractivity contribution in [3.05, 3.63) is 12.2 Å². The fourth-order valence-electron chi connectivity index (χ4n) is 8.05. The Labute approximate surface area is 393 Å². The van der Waals surface area contributed by atoms with Crippen LogP contribution in [0.5, 0.6) is 0 Å². The molecule has 13 unspecified atom stereocenters. The Balaban J connectivity index is 1.97. The molecule has 1 aliphatic carbocycles. The fraction of sp³-hybridized carbons (Fsp3) is 0.915. The molecule has 0 aromatic heterocycles. The first-order valence-corrected chi connectivity index (χ1v) is 26.5. The lowest BCUT2D eigenvalue weighted by Gasteiger charge is -2.47. The molecule has 1 aliphatic heterocycles. The van der Waals surface area contributed by atoms with Gasteiger partial charge < -0.3 is 64.7 Å². The summed E-state index contributed by atoms with van der Waals surface area (Å²) >= 11 is 0. The molecule has 13 atom stereocenters. The largest absolute Gasteiger partial charge is 0.472 e. The number of rotatable bonds is 38. The maximum absolute atomic E-state index is 13.4. The molecule has 1 saturated heterocycles. The van der Waals surface area contributed by atoms with E-state index in [1.165, 1.54) is 89.9 Å². The molecule has 2 aliphatic rings. The Morgan fingerprint density at radius 1 is 0.561 bits per heavy atom. The minimum absolute atomic E-state index is 0.0154. The van der Waals surface area contributed by atoms with Gasteiger partial charge in [-0.15, -0.1) is 0 Å². The highest BCUT2D eigenvalue weighted by atomic mass is 31.2. The number of hydrogen-bond acceptors (Lipinski definition) is 17. The standard InChI is InChI=1S/C47H87O18P/c1-3-5-7-9-11-13-15-17-19-21-23-25-27-29-36(49)60-32-34(62-37(50)30-28-26-24-22-20-18-16-14-12-10-8-6-4-2)33-61-66(58,59)65-46-43(56)41(54)40(53)42(55)45(46)64-47-44(57)39(52)38(51)35(31-48)63-47/h18,20,34-35,38-48,51-57H,3-17,19,21-33H2,1-2H3,(H,58,59)/b20-18-. The van der Waals surface area contributed by atoms with Gasteiger partial charge in [-0.1, -0.05) is 142 Å². The van der Waals surface area contributed by atoms with Crippen LogP contribution in [-0.4, -0.2) is 151 Å². The average Bonchev–Trinajstić information content (AvgIpc) is 3.29. The van der Waals surface area contributed by atoms with Crippen LogP contribution in [0.2, 0.25) is 0 Å². The van der Waals surface area contributed by atoms with Crippen molar-refractivity contribution in [2.75, 3.05) is 19.8 Å². The van der Waals surface area contributed by atoms with E-state index in [1.54, 1.807) is 0 Å². The van der Waals surface area contributed by atoms with Gasteiger partial charge in [-0.3, -0.25) is 18.6 Å². The zero-order valence-electron chi connectivity index (χ0n) is 39.7. The van der Waals surface area contributed by atoms with Crippen LogP contribution in [-0.2, 0) is 42.1 Å². The van der Waals surface area contributed by atoms with Crippen LogP contribution in [0.1, 0.15) is 181 Å². The van der Waals surface area contributed by atoms with E-state index in [4.69, 9.17) is 28.0 Å². The number of ether oxygens (including phenoxy) is 4. The van der Waals surface area contributed by atoms with Crippen molar-refractivity contribution in [1.82, 2.24) is 0 Å². The number of carbonyl (C=O) groups is 2. The summed E-state index contributed by atoms with van der Waals surface area (Å²) < 4.78 is 45.4. The fourth-order valence-corrected chi connectivity index (χ4v) is 9.02. The van der Waals surface area contributed by atoms with Gasteiger partial charge in [-0.25, -0.2) is 4.57 Å². The summed E-state index contributed by atoms with van der Waals surface area (Å²) in [6.45, 7) is 2.20. The van der Waals surface area contributed by atoms with Crippen molar-refractivity contribution >= 4 is 19.8 Å². The zero-order chi connectivity index (χ0) is 48.7. The van der Waals surface area contributed by atoms with E-state index < -0.39 is 113 Å². The third-order valence-corrected chi connectivity index (χ3v) is 13.2. The van der Waals surface area contributed by atoms with Crippen LogP contribution < -0.4 is 0 Å². The van der Waals surface area contributed by atoms with Gasteiger partial charge in [0.15, 0.2) is 12.4 Å². The average molecular weight is 971 g/mol. The van der Waals surface area contributed by atoms with E-state index in [2.05, 4.69) is 26.0 Å². The SMILES string of the molecule is CCCCCCCC/C=C\CCCCCC(=O)OC(COC(=O)CCCCCCCCCCCCCCC)COP(=O)(O)OC1C(O)C(O)C(O)C(O)C1OC1OC(CO)C(O)C(O)C1O. The summed E-state index contributed by atoms with van der Waals surface area (Å²) in [7, 11) is -5.37. The van der Waals surface area contributed by atoms with Gasteiger partial charge in [0, 0.05) is 12.8 Å². The molecule has 18 nitrogen and oxygen atoms in total. The first-order valence-electron chi connectivity index (χ1n) is 25.0. The Hall–Kier alpha value is -1.61. The minimum atomic E-state index is -5.37. The molecule has 9 N–H and O–H groups in total. The van der Waals surface area contributed by atoms with Gasteiger partial charge in [-0.05, 0) is 38.5 Å². The smallest absolute Gasteiger partial charge is 0.462 e. The van der Waals surface area contributed by atoms with Crippen molar-refractivity contribution in [2.45, 2.75) is 254 Å². The Morgan fingerprint density at radius 3 is 1.52 bits per heavy atom.